The molecule has 0 amide bonds. The summed E-state index contributed by atoms with van der Waals surface area (Å²) in [5.74, 6) is 0. The van der Waals surface area contributed by atoms with Crippen molar-refractivity contribution in [2.45, 2.75) is 12.3 Å². The van der Waals surface area contributed by atoms with Crippen LogP contribution in [0.2, 0.25) is 0 Å². The molecule has 0 aromatic heterocycles. The van der Waals surface area contributed by atoms with E-state index in [1.165, 1.54) is 55.8 Å². The van der Waals surface area contributed by atoms with Crippen molar-refractivity contribution in [2.24, 2.45) is 0 Å². The zero-order chi connectivity index (χ0) is 40.0. The molecule has 4 heteroatoms. The van der Waals surface area contributed by atoms with E-state index < -0.39 is 5.41 Å². The van der Waals surface area contributed by atoms with Gasteiger partial charge in [0.15, 0.2) is 0 Å². The molecule has 11 rings (SSSR count). The Labute approximate surface area is 353 Å². The third kappa shape index (κ3) is 5.67. The van der Waals surface area contributed by atoms with Crippen LogP contribution in [0.15, 0.2) is 231 Å². The normalized spacial score (nSPS) is 13.3. The fourth-order valence-electron chi connectivity index (χ4n) is 9.68. The van der Waals surface area contributed by atoms with Crippen LogP contribution in [0.5, 0.6) is 0 Å². The van der Waals surface area contributed by atoms with Crippen LogP contribution in [0.4, 0.5) is 45.5 Å². The molecule has 2 aliphatic rings. The predicted octanol–water partition coefficient (Wildman–Crippen LogP) is 13.7. The smallest absolute Gasteiger partial charge is 0.293 e. The lowest BCUT2D eigenvalue weighted by Crippen LogP contribution is -2.42. The van der Waals surface area contributed by atoms with Gasteiger partial charge < -0.3 is 14.6 Å². The fourth-order valence-corrected chi connectivity index (χ4v) is 9.68. The number of aryl methyl sites for hydroxylation is 1. The number of hydrogen-bond donors (Lipinski definition) is 0. The highest BCUT2D eigenvalue weighted by Crippen LogP contribution is 2.58. The van der Waals surface area contributed by atoms with Crippen LogP contribution in [0.1, 0.15) is 27.8 Å². The number of nitrogens with zero attached hydrogens (tertiary/aromatic N) is 3. The molecule has 9 aromatic carbocycles. The summed E-state index contributed by atoms with van der Waals surface area (Å²) >= 11 is 0. The second kappa shape index (κ2) is 14.7. The molecule has 0 fully saturated rings. The molecule has 3 nitrogen and oxygen atoms in total. The highest BCUT2D eigenvalue weighted by atomic mass is 15.2. The molecular formula is C56H41BN3. The van der Waals surface area contributed by atoms with E-state index in [1.54, 1.807) is 0 Å². The first-order valence-corrected chi connectivity index (χ1v) is 20.7. The lowest BCUT2D eigenvalue weighted by Gasteiger charge is -2.47. The molecule has 0 saturated heterocycles. The molecule has 0 bridgehead atoms. The van der Waals surface area contributed by atoms with Crippen LogP contribution in [0.25, 0.3) is 11.1 Å². The summed E-state index contributed by atoms with van der Waals surface area (Å²) in [6.45, 7) is 2.23. The molecule has 60 heavy (non-hydrogen) atoms. The maximum Gasteiger partial charge on any atom is 0.293 e. The van der Waals surface area contributed by atoms with E-state index in [0.29, 0.717) is 0 Å². The fraction of sp³-hybridized carbons (Fsp3) is 0.0357. The number of fused-ring (bicyclic) bond motifs is 5. The van der Waals surface area contributed by atoms with Crippen molar-refractivity contribution in [1.82, 2.24) is 0 Å². The van der Waals surface area contributed by atoms with Gasteiger partial charge in [-0.05, 0) is 112 Å². The van der Waals surface area contributed by atoms with Crippen LogP contribution < -0.4 is 20.1 Å². The third-order valence-electron chi connectivity index (χ3n) is 12.2. The Balaban J connectivity index is 1.15. The van der Waals surface area contributed by atoms with E-state index in [-0.39, 0.29) is 0 Å². The van der Waals surface area contributed by atoms with E-state index in [2.05, 4.69) is 259 Å². The summed E-state index contributed by atoms with van der Waals surface area (Å²) in [4.78, 5) is 7.24. The predicted molar refractivity (Wildman–Crippen MR) is 252 cm³/mol. The Bertz CT molecular complexity index is 2840. The van der Waals surface area contributed by atoms with Gasteiger partial charge in [0.2, 0.25) is 0 Å². The Morgan fingerprint density at radius 2 is 0.883 bits per heavy atom. The van der Waals surface area contributed by atoms with Crippen LogP contribution in [-0.4, -0.2) is 7.41 Å². The van der Waals surface area contributed by atoms with E-state index >= 15 is 0 Å². The molecule has 9 aromatic rings. The first kappa shape index (κ1) is 35.6. The summed E-state index contributed by atoms with van der Waals surface area (Å²) in [6.07, 6.45) is 0. The Hall–Kier alpha value is -7.56. The Morgan fingerprint density at radius 1 is 0.400 bits per heavy atom. The van der Waals surface area contributed by atoms with Crippen molar-refractivity contribution < 1.29 is 0 Å². The molecule has 0 unspecified atom stereocenters. The van der Waals surface area contributed by atoms with Crippen molar-refractivity contribution in [1.29, 1.82) is 0 Å². The summed E-state index contributed by atoms with van der Waals surface area (Å²) in [7, 11) is 2.36. The average Bonchev–Trinajstić information content (AvgIpc) is 3.32. The molecule has 1 radical (unpaired) electrons. The molecule has 0 N–H and O–H groups in total. The lowest BCUT2D eigenvalue weighted by molar-refractivity contribution is 0.731. The molecular weight excluding hydrogens is 725 g/mol. The number of rotatable bonds is 7. The van der Waals surface area contributed by atoms with Crippen LogP contribution >= 0.6 is 0 Å². The molecule has 0 aliphatic carbocycles. The monoisotopic (exact) mass is 766 g/mol. The lowest BCUT2D eigenvalue weighted by atomic mass is 9.62. The zero-order valence-electron chi connectivity index (χ0n) is 33.4. The number of anilines is 8. The van der Waals surface area contributed by atoms with Crippen LogP contribution in [0.3, 0.4) is 0 Å². The Kier molecular flexibility index (Phi) is 8.71. The van der Waals surface area contributed by atoms with E-state index in [9.17, 15) is 0 Å². The number of benzene rings is 9. The van der Waals surface area contributed by atoms with Gasteiger partial charge in [-0.2, -0.15) is 0 Å². The largest absolute Gasteiger partial charge is 0.385 e. The van der Waals surface area contributed by atoms with Crippen molar-refractivity contribution >= 4 is 58.4 Å². The minimum absolute atomic E-state index is 0.539. The second-order valence-corrected chi connectivity index (χ2v) is 15.6. The van der Waals surface area contributed by atoms with Gasteiger partial charge in [-0.15, -0.1) is 0 Å². The van der Waals surface area contributed by atoms with Gasteiger partial charge in [-0.25, -0.2) is 0 Å². The van der Waals surface area contributed by atoms with Gasteiger partial charge in [0.25, 0.3) is 7.41 Å². The standard InChI is InChI=1S/C56H41BN3/c1-40-37-48-47-36-35-46(58(43-25-11-4-12-26-43)44-27-13-5-14-28-44)39-53(47)60(45-29-15-6-16-30-45)57-55(48)54(38-40)59-51-33-19-17-31-49(51)56(41-21-7-2-8-22-41,42-23-9-3-10-24-42)50-32-18-20-34-52(50)59/h2-39H,1H3. The molecule has 0 spiro atoms. The van der Waals surface area contributed by atoms with Crippen molar-refractivity contribution in [2.75, 3.05) is 14.6 Å². The summed E-state index contributed by atoms with van der Waals surface area (Å²) in [6, 6.07) is 83.8. The number of para-hydroxylation sites is 5. The van der Waals surface area contributed by atoms with Crippen LogP contribution in [0, 0.1) is 6.92 Å². The average molecular weight is 767 g/mol. The summed E-state index contributed by atoms with van der Waals surface area (Å²) in [5, 5.41) is 0. The van der Waals surface area contributed by atoms with Gasteiger partial charge in [0.1, 0.15) is 0 Å². The SMILES string of the molecule is Cc1cc2c(c(N3c4ccccc4C(c4ccccc4)(c4ccccc4)c4ccccc43)c1)[B]N(c1ccccc1)c1cc(N(c3ccccc3)c3ccccc3)ccc1-2. The van der Waals surface area contributed by atoms with Crippen LogP contribution in [-0.2, 0) is 5.41 Å². The van der Waals surface area contributed by atoms with Gasteiger partial charge in [-0.1, -0.05) is 164 Å². The highest BCUT2D eigenvalue weighted by Gasteiger charge is 2.47. The van der Waals surface area contributed by atoms with Gasteiger partial charge in [0, 0.05) is 39.7 Å². The molecule has 283 valence electrons. The molecule has 0 atom stereocenters. The quantitative estimate of drug-likeness (QED) is 0.150. The van der Waals surface area contributed by atoms with Gasteiger partial charge in [0.05, 0.1) is 16.8 Å². The minimum Gasteiger partial charge on any atom is -0.385 e. The highest BCUT2D eigenvalue weighted by molar-refractivity contribution is 6.65. The van der Waals surface area contributed by atoms with Crippen molar-refractivity contribution in [3.63, 3.8) is 0 Å². The minimum atomic E-state index is -0.539. The van der Waals surface area contributed by atoms with E-state index in [1.807, 2.05) is 0 Å². The topological polar surface area (TPSA) is 9.72 Å². The third-order valence-corrected chi connectivity index (χ3v) is 12.2. The number of hydrogen-bond acceptors (Lipinski definition) is 3. The van der Waals surface area contributed by atoms with E-state index in [0.717, 1.165) is 34.1 Å². The molecule has 0 saturated carbocycles. The molecule has 2 heterocycles. The van der Waals surface area contributed by atoms with Gasteiger partial charge >= 0.3 is 0 Å². The second-order valence-electron chi connectivity index (χ2n) is 15.6. The maximum atomic E-state index is 2.52. The molecule has 2 aliphatic heterocycles. The zero-order valence-corrected chi connectivity index (χ0v) is 33.4. The van der Waals surface area contributed by atoms with Crippen molar-refractivity contribution in [3.8, 4) is 11.1 Å². The first-order chi connectivity index (χ1) is 29.7. The Morgan fingerprint density at radius 3 is 1.43 bits per heavy atom. The first-order valence-electron chi connectivity index (χ1n) is 20.7. The van der Waals surface area contributed by atoms with E-state index in [4.69, 9.17) is 0 Å². The maximum absolute atomic E-state index is 2.52. The summed E-state index contributed by atoms with van der Waals surface area (Å²) in [5.41, 5.74) is 18.2. The van der Waals surface area contributed by atoms with Gasteiger partial charge in [-0.3, -0.25) is 0 Å². The van der Waals surface area contributed by atoms with Crippen molar-refractivity contribution in [3.05, 3.63) is 258 Å². The summed E-state index contributed by atoms with van der Waals surface area (Å²) < 4.78 is 0.